The van der Waals surface area contributed by atoms with Crippen LogP contribution in [0, 0.1) is 17.2 Å². The Morgan fingerprint density at radius 2 is 2.36 bits per heavy atom. The number of aliphatic hydroxyl groups is 1. The molecule has 1 fully saturated rings. The molecule has 3 aromatic heterocycles. The number of nitriles is 1. The van der Waals surface area contributed by atoms with Gasteiger partial charge in [-0.25, -0.2) is 9.97 Å². The molecule has 1 aliphatic rings. The summed E-state index contributed by atoms with van der Waals surface area (Å²) in [6.45, 7) is 1.73. The lowest BCUT2D eigenvalue weighted by molar-refractivity contribution is 0.181. The highest BCUT2D eigenvalue weighted by Gasteiger charge is 2.30. The van der Waals surface area contributed by atoms with Gasteiger partial charge in [-0.2, -0.15) is 5.26 Å². The summed E-state index contributed by atoms with van der Waals surface area (Å²) in [6, 6.07) is 4.57. The van der Waals surface area contributed by atoms with Crippen molar-refractivity contribution in [2.24, 2.45) is 5.92 Å². The number of imidazole rings is 1. The van der Waals surface area contributed by atoms with E-state index in [0.29, 0.717) is 5.82 Å². The van der Waals surface area contributed by atoms with Crippen molar-refractivity contribution in [2.75, 3.05) is 0 Å². The Morgan fingerprint density at radius 3 is 3.09 bits per heavy atom. The zero-order chi connectivity index (χ0) is 15.3. The standard InChI is InChI=1S/C16H17N5O/c1-9(22)16-20-13-8-19-15-12(4-5-18-15)14(13)21(16)11-3-2-10(6-11)7-17/h4-5,8-11,22H,2-3,6H2,1H3,(H,18,19)/t9-,10-,11-/m1/s1. The Hall–Kier alpha value is -2.39. The summed E-state index contributed by atoms with van der Waals surface area (Å²) in [5.41, 5.74) is 2.62. The number of aliphatic hydroxyl groups excluding tert-OH is 1. The van der Waals surface area contributed by atoms with Gasteiger partial charge in [0.05, 0.1) is 17.8 Å². The van der Waals surface area contributed by atoms with E-state index in [-0.39, 0.29) is 12.0 Å². The van der Waals surface area contributed by atoms with Crippen molar-refractivity contribution in [2.45, 2.75) is 38.3 Å². The first kappa shape index (κ1) is 13.3. The molecule has 112 valence electrons. The molecule has 0 aliphatic heterocycles. The molecule has 0 saturated heterocycles. The Balaban J connectivity index is 1.99. The summed E-state index contributed by atoms with van der Waals surface area (Å²) in [5, 5.41) is 20.3. The maximum Gasteiger partial charge on any atom is 0.139 e. The number of aromatic nitrogens is 4. The number of hydrogen-bond acceptors (Lipinski definition) is 4. The predicted octanol–water partition coefficient (Wildman–Crippen LogP) is 2.83. The minimum atomic E-state index is -0.650. The number of rotatable bonds is 2. The van der Waals surface area contributed by atoms with Gasteiger partial charge in [-0.15, -0.1) is 0 Å². The molecule has 2 N–H and O–H groups in total. The van der Waals surface area contributed by atoms with Crippen molar-refractivity contribution in [3.8, 4) is 6.07 Å². The van der Waals surface area contributed by atoms with E-state index in [0.717, 1.165) is 41.3 Å². The SMILES string of the molecule is C[C@@H](O)c1nc2cnc3[nH]ccc3c2n1[C@@H]1CC[C@@H](C#N)C1. The molecule has 1 aliphatic carbocycles. The average molecular weight is 295 g/mol. The zero-order valence-electron chi connectivity index (χ0n) is 12.3. The first-order chi connectivity index (χ1) is 10.7. The molecule has 0 unspecified atom stereocenters. The maximum atomic E-state index is 10.1. The van der Waals surface area contributed by atoms with Gasteiger partial charge < -0.3 is 14.7 Å². The second kappa shape index (κ2) is 4.82. The minimum absolute atomic E-state index is 0.0906. The molecule has 4 rings (SSSR count). The van der Waals surface area contributed by atoms with Gasteiger partial charge in [0.15, 0.2) is 0 Å². The van der Waals surface area contributed by atoms with Crippen molar-refractivity contribution in [3.05, 3.63) is 24.3 Å². The quantitative estimate of drug-likeness (QED) is 0.760. The van der Waals surface area contributed by atoms with Crippen molar-refractivity contribution in [3.63, 3.8) is 0 Å². The molecule has 0 aromatic carbocycles. The highest BCUT2D eigenvalue weighted by Crippen LogP contribution is 2.39. The summed E-state index contributed by atoms with van der Waals surface area (Å²) in [5.74, 6) is 0.752. The fraction of sp³-hybridized carbons (Fsp3) is 0.438. The van der Waals surface area contributed by atoms with E-state index < -0.39 is 6.10 Å². The first-order valence-electron chi connectivity index (χ1n) is 7.60. The maximum absolute atomic E-state index is 10.1. The van der Waals surface area contributed by atoms with Crippen LogP contribution in [-0.4, -0.2) is 24.6 Å². The number of nitrogens with zero attached hydrogens (tertiary/aromatic N) is 4. The van der Waals surface area contributed by atoms with E-state index in [1.807, 2.05) is 12.3 Å². The van der Waals surface area contributed by atoms with E-state index >= 15 is 0 Å². The Morgan fingerprint density at radius 1 is 1.50 bits per heavy atom. The molecule has 0 bridgehead atoms. The van der Waals surface area contributed by atoms with Gasteiger partial charge >= 0.3 is 0 Å². The lowest BCUT2D eigenvalue weighted by Crippen LogP contribution is -2.12. The first-order valence-corrected chi connectivity index (χ1v) is 7.60. The normalized spacial score (nSPS) is 23.1. The third-order valence-electron chi connectivity index (χ3n) is 4.59. The minimum Gasteiger partial charge on any atom is -0.385 e. The van der Waals surface area contributed by atoms with Gasteiger partial charge in [0.25, 0.3) is 0 Å². The van der Waals surface area contributed by atoms with Crippen molar-refractivity contribution in [1.82, 2.24) is 19.5 Å². The summed E-state index contributed by atoms with van der Waals surface area (Å²) in [4.78, 5) is 12.1. The van der Waals surface area contributed by atoms with Crippen molar-refractivity contribution in [1.29, 1.82) is 5.26 Å². The Bertz CT molecular complexity index is 885. The van der Waals surface area contributed by atoms with Crippen LogP contribution >= 0.6 is 0 Å². The van der Waals surface area contributed by atoms with Crippen LogP contribution in [-0.2, 0) is 0 Å². The van der Waals surface area contributed by atoms with Crippen LogP contribution in [0.4, 0.5) is 0 Å². The van der Waals surface area contributed by atoms with E-state index in [2.05, 4.69) is 25.6 Å². The lowest BCUT2D eigenvalue weighted by atomic mass is 10.1. The number of fused-ring (bicyclic) bond motifs is 3. The molecule has 22 heavy (non-hydrogen) atoms. The molecule has 6 heteroatoms. The molecular formula is C16H17N5O. The largest absolute Gasteiger partial charge is 0.385 e. The molecule has 3 aromatic rings. The summed E-state index contributed by atoms with van der Waals surface area (Å²) in [7, 11) is 0. The lowest BCUT2D eigenvalue weighted by Gasteiger charge is -2.18. The molecule has 6 nitrogen and oxygen atoms in total. The van der Waals surface area contributed by atoms with E-state index in [1.54, 1.807) is 13.1 Å². The molecular weight excluding hydrogens is 278 g/mol. The van der Waals surface area contributed by atoms with Gasteiger partial charge in [-0.05, 0) is 32.3 Å². The van der Waals surface area contributed by atoms with Gasteiger partial charge in [0, 0.05) is 23.5 Å². The highest BCUT2D eigenvalue weighted by atomic mass is 16.3. The number of hydrogen-bond donors (Lipinski definition) is 2. The summed E-state index contributed by atoms with van der Waals surface area (Å²) in [6.07, 6.45) is 5.62. The van der Waals surface area contributed by atoms with Crippen molar-refractivity contribution >= 4 is 22.1 Å². The molecule has 3 heterocycles. The third-order valence-corrected chi connectivity index (χ3v) is 4.59. The second-order valence-corrected chi connectivity index (χ2v) is 6.04. The molecule has 1 saturated carbocycles. The molecule has 0 amide bonds. The van der Waals surface area contributed by atoms with Crippen molar-refractivity contribution < 1.29 is 5.11 Å². The average Bonchev–Trinajstić information content (AvgIpc) is 3.22. The number of aromatic amines is 1. The monoisotopic (exact) mass is 295 g/mol. The van der Waals surface area contributed by atoms with Crippen LogP contribution in [0.2, 0.25) is 0 Å². The van der Waals surface area contributed by atoms with Gasteiger partial charge in [0.1, 0.15) is 23.1 Å². The number of nitrogens with one attached hydrogen (secondary N) is 1. The smallest absolute Gasteiger partial charge is 0.139 e. The predicted molar refractivity (Wildman–Crippen MR) is 82.0 cm³/mol. The van der Waals surface area contributed by atoms with E-state index in [4.69, 9.17) is 0 Å². The summed E-state index contributed by atoms with van der Waals surface area (Å²) >= 11 is 0. The van der Waals surface area contributed by atoms with Gasteiger partial charge in [0.2, 0.25) is 0 Å². The fourth-order valence-corrected chi connectivity index (χ4v) is 3.58. The van der Waals surface area contributed by atoms with Crippen LogP contribution < -0.4 is 0 Å². The Kier molecular flexibility index (Phi) is 2.91. The van der Waals surface area contributed by atoms with Gasteiger partial charge in [-0.1, -0.05) is 0 Å². The third kappa shape index (κ3) is 1.82. The van der Waals surface area contributed by atoms with Gasteiger partial charge in [-0.3, -0.25) is 0 Å². The Labute approximate surface area is 127 Å². The van der Waals surface area contributed by atoms with Crippen LogP contribution in [0.3, 0.4) is 0 Å². The second-order valence-electron chi connectivity index (χ2n) is 6.04. The zero-order valence-corrected chi connectivity index (χ0v) is 12.3. The molecule has 0 radical (unpaired) electrons. The van der Waals surface area contributed by atoms with E-state index in [9.17, 15) is 10.4 Å². The fourth-order valence-electron chi connectivity index (χ4n) is 3.58. The van der Waals surface area contributed by atoms with Crippen LogP contribution in [0.25, 0.3) is 22.1 Å². The highest BCUT2D eigenvalue weighted by molar-refractivity contribution is 6.01. The summed E-state index contributed by atoms with van der Waals surface area (Å²) < 4.78 is 2.13. The molecule has 3 atom stereocenters. The topological polar surface area (TPSA) is 90.5 Å². The molecule has 0 spiro atoms. The number of pyridine rings is 1. The van der Waals surface area contributed by atoms with Crippen LogP contribution in [0.5, 0.6) is 0 Å². The van der Waals surface area contributed by atoms with Crippen LogP contribution in [0.15, 0.2) is 18.5 Å². The van der Waals surface area contributed by atoms with E-state index in [1.165, 1.54) is 0 Å². The van der Waals surface area contributed by atoms with Crippen LogP contribution in [0.1, 0.15) is 44.2 Å². The number of H-pyrrole nitrogens is 1.